The van der Waals surface area contributed by atoms with Crippen LogP contribution < -0.4 is 9.62 Å². The highest BCUT2D eigenvalue weighted by Crippen LogP contribution is 2.31. The van der Waals surface area contributed by atoms with Crippen molar-refractivity contribution in [3.05, 3.63) is 39.8 Å². The Morgan fingerprint density at radius 3 is 2.43 bits per heavy atom. The number of anilines is 2. The third-order valence-corrected chi connectivity index (χ3v) is 4.78. The summed E-state index contributed by atoms with van der Waals surface area (Å²) in [6.45, 7) is 2.94. The molecule has 0 amide bonds. The summed E-state index contributed by atoms with van der Waals surface area (Å²) < 4.78 is 32.0. The van der Waals surface area contributed by atoms with E-state index in [1.165, 1.54) is 26.0 Å². The van der Waals surface area contributed by atoms with E-state index in [9.17, 15) is 18.5 Å². The zero-order valence-electron chi connectivity index (χ0n) is 13.0. The highest BCUT2D eigenvalue weighted by molar-refractivity contribution is 7.92. The van der Waals surface area contributed by atoms with Crippen molar-refractivity contribution >= 4 is 27.1 Å². The third-order valence-electron chi connectivity index (χ3n) is 3.18. The molecule has 1 aromatic heterocycles. The van der Waals surface area contributed by atoms with Gasteiger partial charge in [-0.2, -0.15) is 0 Å². The minimum absolute atomic E-state index is 0.113. The molecule has 0 atom stereocenters. The van der Waals surface area contributed by atoms with E-state index in [1.54, 1.807) is 25.1 Å². The maximum absolute atomic E-state index is 12.5. The van der Waals surface area contributed by atoms with Gasteiger partial charge in [0.05, 0.1) is 4.92 Å². The summed E-state index contributed by atoms with van der Waals surface area (Å²) in [5, 5.41) is 14.8. The minimum atomic E-state index is -4.04. The molecule has 0 aliphatic carbocycles. The molecule has 1 heterocycles. The van der Waals surface area contributed by atoms with Crippen LogP contribution in [0.5, 0.6) is 0 Å². The average molecular weight is 340 g/mol. The lowest BCUT2D eigenvalue weighted by molar-refractivity contribution is -0.383. The molecule has 0 radical (unpaired) electrons. The Bertz CT molecular complexity index is 838. The van der Waals surface area contributed by atoms with E-state index in [-0.39, 0.29) is 27.7 Å². The Hall–Kier alpha value is -2.62. The lowest BCUT2D eigenvalue weighted by Crippen LogP contribution is -2.16. The highest BCUT2D eigenvalue weighted by atomic mass is 32.2. The fourth-order valence-corrected chi connectivity index (χ4v) is 3.50. The van der Waals surface area contributed by atoms with E-state index in [0.717, 1.165) is 0 Å². The second kappa shape index (κ2) is 5.88. The van der Waals surface area contributed by atoms with Gasteiger partial charge < -0.3 is 9.42 Å². The predicted molar refractivity (Wildman–Crippen MR) is 84.2 cm³/mol. The van der Waals surface area contributed by atoms with Gasteiger partial charge >= 0.3 is 0 Å². The summed E-state index contributed by atoms with van der Waals surface area (Å²) >= 11 is 0. The van der Waals surface area contributed by atoms with E-state index in [2.05, 4.69) is 9.88 Å². The number of rotatable bonds is 5. The van der Waals surface area contributed by atoms with Crippen LogP contribution in [0.2, 0.25) is 0 Å². The first-order valence-electron chi connectivity index (χ1n) is 6.55. The molecule has 0 bridgehead atoms. The molecule has 9 nitrogen and oxygen atoms in total. The normalized spacial score (nSPS) is 11.3. The number of sulfonamides is 1. The van der Waals surface area contributed by atoms with Crippen LogP contribution in [-0.2, 0) is 10.0 Å². The molecular weight excluding hydrogens is 324 g/mol. The van der Waals surface area contributed by atoms with Gasteiger partial charge in [-0.15, -0.1) is 0 Å². The van der Waals surface area contributed by atoms with Crippen molar-refractivity contribution in [2.24, 2.45) is 0 Å². The number of nitrogens with one attached hydrogen (secondary N) is 1. The van der Waals surface area contributed by atoms with Crippen molar-refractivity contribution in [2.45, 2.75) is 18.7 Å². The summed E-state index contributed by atoms with van der Waals surface area (Å²) in [6, 6.07) is 4.23. The van der Waals surface area contributed by atoms with Gasteiger partial charge in [-0.25, -0.2) is 8.42 Å². The molecule has 0 aliphatic rings. The Labute approximate surface area is 133 Å². The van der Waals surface area contributed by atoms with Crippen LogP contribution >= 0.6 is 0 Å². The lowest BCUT2D eigenvalue weighted by atomic mass is 10.2. The van der Waals surface area contributed by atoms with Crippen molar-refractivity contribution in [3.63, 3.8) is 0 Å². The standard InChI is InChI=1S/C13H16N4O5S/c1-8-13(9(2)22-14-8)23(20,21)15-11-6-5-10(16(3)4)7-12(11)17(18)19/h5-7,15H,1-4H3. The monoisotopic (exact) mass is 340 g/mol. The Balaban J connectivity index is 2.49. The topological polar surface area (TPSA) is 119 Å². The highest BCUT2D eigenvalue weighted by Gasteiger charge is 2.27. The molecule has 2 aromatic rings. The van der Waals surface area contributed by atoms with Gasteiger partial charge in [0.1, 0.15) is 11.4 Å². The number of hydrogen-bond acceptors (Lipinski definition) is 7. The second-order valence-corrected chi connectivity index (χ2v) is 6.73. The van der Waals surface area contributed by atoms with E-state index < -0.39 is 14.9 Å². The largest absolute Gasteiger partial charge is 0.377 e. The van der Waals surface area contributed by atoms with Gasteiger partial charge in [-0.1, -0.05) is 5.16 Å². The van der Waals surface area contributed by atoms with Crippen LogP contribution in [0.1, 0.15) is 11.5 Å². The number of nitrogens with zero attached hydrogens (tertiary/aromatic N) is 3. The van der Waals surface area contributed by atoms with Crippen molar-refractivity contribution in [1.29, 1.82) is 0 Å². The quantitative estimate of drug-likeness (QED) is 0.653. The summed E-state index contributed by atoms with van der Waals surface area (Å²) in [7, 11) is -0.587. The number of hydrogen-bond donors (Lipinski definition) is 1. The van der Waals surface area contributed by atoms with Gasteiger partial charge in [-0.05, 0) is 26.0 Å². The van der Waals surface area contributed by atoms with E-state index in [4.69, 9.17) is 4.52 Å². The number of nitro benzene ring substituents is 1. The smallest absolute Gasteiger partial charge is 0.295 e. The van der Waals surface area contributed by atoms with Gasteiger partial charge in [0, 0.05) is 25.8 Å². The SMILES string of the molecule is Cc1noc(C)c1S(=O)(=O)Nc1ccc(N(C)C)cc1[N+](=O)[O-]. The van der Waals surface area contributed by atoms with Crippen molar-refractivity contribution in [2.75, 3.05) is 23.7 Å². The molecule has 0 unspecified atom stereocenters. The third kappa shape index (κ3) is 3.26. The Kier molecular flexibility index (Phi) is 4.28. The van der Waals surface area contributed by atoms with Crippen LogP contribution in [0.4, 0.5) is 17.1 Å². The Morgan fingerprint density at radius 2 is 1.96 bits per heavy atom. The van der Waals surface area contributed by atoms with Crippen LogP contribution in [-0.4, -0.2) is 32.6 Å². The zero-order chi connectivity index (χ0) is 17.4. The average Bonchev–Trinajstić information content (AvgIpc) is 2.78. The second-order valence-electron chi connectivity index (χ2n) is 5.11. The van der Waals surface area contributed by atoms with Gasteiger partial charge in [0.25, 0.3) is 15.7 Å². The van der Waals surface area contributed by atoms with Crippen molar-refractivity contribution in [1.82, 2.24) is 5.16 Å². The molecule has 0 aliphatic heterocycles. The fourth-order valence-electron chi connectivity index (χ4n) is 2.09. The minimum Gasteiger partial charge on any atom is -0.377 e. The molecule has 0 saturated carbocycles. The molecule has 2 rings (SSSR count). The molecule has 23 heavy (non-hydrogen) atoms. The maximum Gasteiger partial charge on any atom is 0.295 e. The molecular formula is C13H16N4O5S. The Morgan fingerprint density at radius 1 is 1.30 bits per heavy atom. The first kappa shape index (κ1) is 16.7. The van der Waals surface area contributed by atoms with Crippen LogP contribution in [0, 0.1) is 24.0 Å². The number of aryl methyl sites for hydroxylation is 2. The van der Waals surface area contributed by atoms with Crippen molar-refractivity contribution < 1.29 is 17.9 Å². The maximum atomic E-state index is 12.5. The molecule has 1 N–H and O–H groups in total. The molecule has 10 heteroatoms. The number of benzene rings is 1. The summed E-state index contributed by atoms with van der Waals surface area (Å²) in [5.41, 5.74) is 0.298. The van der Waals surface area contributed by atoms with E-state index >= 15 is 0 Å². The number of nitro groups is 1. The number of aromatic nitrogens is 1. The van der Waals surface area contributed by atoms with Crippen LogP contribution in [0.3, 0.4) is 0 Å². The predicted octanol–water partition coefficient (Wildman–Crippen LogP) is 2.07. The first-order chi connectivity index (χ1) is 10.6. The zero-order valence-corrected chi connectivity index (χ0v) is 13.8. The lowest BCUT2D eigenvalue weighted by Gasteiger charge is -2.14. The van der Waals surface area contributed by atoms with Crippen LogP contribution in [0.15, 0.2) is 27.6 Å². The van der Waals surface area contributed by atoms with Gasteiger partial charge in [0.15, 0.2) is 10.7 Å². The van der Waals surface area contributed by atoms with E-state index in [0.29, 0.717) is 5.69 Å². The van der Waals surface area contributed by atoms with Crippen LogP contribution in [0.25, 0.3) is 0 Å². The molecule has 124 valence electrons. The fraction of sp³-hybridized carbons (Fsp3) is 0.308. The summed E-state index contributed by atoms with van der Waals surface area (Å²) in [6.07, 6.45) is 0. The molecule has 0 fully saturated rings. The van der Waals surface area contributed by atoms with Crippen molar-refractivity contribution in [3.8, 4) is 0 Å². The first-order valence-corrected chi connectivity index (χ1v) is 8.03. The summed E-state index contributed by atoms with van der Waals surface area (Å²) in [5.74, 6) is 0.113. The molecule has 0 saturated heterocycles. The summed E-state index contributed by atoms with van der Waals surface area (Å²) in [4.78, 5) is 12.1. The van der Waals surface area contributed by atoms with Gasteiger partial charge in [0.2, 0.25) is 0 Å². The van der Waals surface area contributed by atoms with Gasteiger partial charge in [-0.3, -0.25) is 14.8 Å². The molecule has 1 aromatic carbocycles. The molecule has 0 spiro atoms. The van der Waals surface area contributed by atoms with E-state index in [1.807, 2.05) is 0 Å².